The third-order valence-electron chi connectivity index (χ3n) is 3.67. The lowest BCUT2D eigenvalue weighted by molar-refractivity contribution is -0.119. The monoisotopic (exact) mass is 275 g/mol. The van der Waals surface area contributed by atoms with Crippen molar-refractivity contribution in [3.05, 3.63) is 29.8 Å². The molecule has 1 aromatic carbocycles. The molecular formula is C15H21N3O2. The number of rotatable bonds is 3. The topological polar surface area (TPSA) is 75.4 Å². The number of nitrogens with two attached hydrogens (primary N) is 1. The fourth-order valence-electron chi connectivity index (χ4n) is 2.51. The van der Waals surface area contributed by atoms with Crippen LogP contribution in [0.3, 0.4) is 0 Å². The second-order valence-electron chi connectivity index (χ2n) is 5.50. The van der Waals surface area contributed by atoms with Gasteiger partial charge in [0.2, 0.25) is 5.91 Å². The first-order chi connectivity index (χ1) is 9.49. The van der Waals surface area contributed by atoms with Gasteiger partial charge in [0.25, 0.3) is 5.91 Å². The van der Waals surface area contributed by atoms with Crippen LogP contribution in [0.2, 0.25) is 0 Å². The number of carbonyl (C=O) groups is 2. The lowest BCUT2D eigenvalue weighted by Gasteiger charge is -2.16. The molecule has 2 unspecified atom stereocenters. The highest BCUT2D eigenvalue weighted by molar-refractivity contribution is 6.04. The van der Waals surface area contributed by atoms with Crippen LogP contribution < -0.4 is 11.1 Å². The Morgan fingerprint density at radius 3 is 2.55 bits per heavy atom. The lowest BCUT2D eigenvalue weighted by Crippen LogP contribution is -2.26. The van der Waals surface area contributed by atoms with Crippen LogP contribution in [0.5, 0.6) is 0 Å². The minimum absolute atomic E-state index is 0.0445. The van der Waals surface area contributed by atoms with E-state index in [1.807, 2.05) is 6.07 Å². The van der Waals surface area contributed by atoms with E-state index in [0.717, 1.165) is 19.3 Å². The molecule has 1 aliphatic carbocycles. The summed E-state index contributed by atoms with van der Waals surface area (Å²) in [4.78, 5) is 25.8. The van der Waals surface area contributed by atoms with Crippen molar-refractivity contribution >= 4 is 17.5 Å². The van der Waals surface area contributed by atoms with Crippen molar-refractivity contribution in [1.29, 1.82) is 0 Å². The smallest absolute Gasteiger partial charge is 0.255 e. The second-order valence-corrected chi connectivity index (χ2v) is 5.50. The summed E-state index contributed by atoms with van der Waals surface area (Å²) in [5, 5.41) is 2.87. The van der Waals surface area contributed by atoms with E-state index in [-0.39, 0.29) is 23.8 Å². The Balaban J connectivity index is 2.13. The maximum atomic E-state index is 12.2. The lowest BCUT2D eigenvalue weighted by atomic mass is 10.1. The molecular weight excluding hydrogens is 254 g/mol. The summed E-state index contributed by atoms with van der Waals surface area (Å²) in [6, 6.07) is 7.19. The summed E-state index contributed by atoms with van der Waals surface area (Å²) in [6.45, 7) is 0. The molecule has 0 aromatic heterocycles. The predicted molar refractivity (Wildman–Crippen MR) is 78.4 cm³/mol. The van der Waals surface area contributed by atoms with Gasteiger partial charge in [-0.3, -0.25) is 9.59 Å². The van der Waals surface area contributed by atoms with E-state index in [1.165, 1.54) is 4.90 Å². The maximum absolute atomic E-state index is 12.2. The fourth-order valence-corrected chi connectivity index (χ4v) is 2.51. The van der Waals surface area contributed by atoms with Crippen LogP contribution in [0.1, 0.15) is 29.6 Å². The van der Waals surface area contributed by atoms with Gasteiger partial charge in [-0.2, -0.15) is 0 Å². The third kappa shape index (κ3) is 3.17. The first kappa shape index (κ1) is 14.5. The normalized spacial score (nSPS) is 21.6. The van der Waals surface area contributed by atoms with Crippen LogP contribution in [0.25, 0.3) is 0 Å². The van der Waals surface area contributed by atoms with Crippen LogP contribution in [-0.4, -0.2) is 36.9 Å². The average Bonchev–Trinajstić information content (AvgIpc) is 2.85. The maximum Gasteiger partial charge on any atom is 0.255 e. The number of anilines is 1. The molecule has 2 atom stereocenters. The van der Waals surface area contributed by atoms with Crippen molar-refractivity contribution in [1.82, 2.24) is 4.90 Å². The van der Waals surface area contributed by atoms with Gasteiger partial charge in [0.15, 0.2) is 0 Å². The molecule has 5 heteroatoms. The number of nitrogens with zero attached hydrogens (tertiary/aromatic N) is 1. The molecule has 0 heterocycles. The standard InChI is InChI=1S/C15H21N3O2/c1-18(2)15(20)12-5-3-4-6-13(12)17-14(19)10-7-8-11(16)9-10/h3-6,10-11H,7-9,16H2,1-2H3,(H,17,19). The van der Waals surface area contributed by atoms with Gasteiger partial charge < -0.3 is 16.0 Å². The summed E-state index contributed by atoms with van der Waals surface area (Å²) in [5.74, 6) is -0.214. The van der Waals surface area contributed by atoms with E-state index in [2.05, 4.69) is 5.32 Å². The SMILES string of the molecule is CN(C)C(=O)c1ccccc1NC(=O)C1CCC(N)C1. The first-order valence-corrected chi connectivity index (χ1v) is 6.86. The number of amides is 2. The number of nitrogens with one attached hydrogen (secondary N) is 1. The number of benzene rings is 1. The zero-order valence-electron chi connectivity index (χ0n) is 11.9. The molecule has 1 fully saturated rings. The molecule has 5 nitrogen and oxygen atoms in total. The Morgan fingerprint density at radius 2 is 1.95 bits per heavy atom. The molecule has 0 aliphatic heterocycles. The number of hydrogen-bond donors (Lipinski definition) is 2. The van der Waals surface area contributed by atoms with Crippen molar-refractivity contribution in [2.75, 3.05) is 19.4 Å². The van der Waals surface area contributed by atoms with Gasteiger partial charge >= 0.3 is 0 Å². The van der Waals surface area contributed by atoms with E-state index >= 15 is 0 Å². The highest BCUT2D eigenvalue weighted by Crippen LogP contribution is 2.26. The van der Waals surface area contributed by atoms with Gasteiger partial charge in [-0.15, -0.1) is 0 Å². The predicted octanol–water partition coefficient (Wildman–Crippen LogP) is 1.45. The van der Waals surface area contributed by atoms with Crippen molar-refractivity contribution in [3.63, 3.8) is 0 Å². The molecule has 1 saturated carbocycles. The van der Waals surface area contributed by atoms with Gasteiger partial charge in [0.1, 0.15) is 0 Å². The fraction of sp³-hybridized carbons (Fsp3) is 0.467. The van der Waals surface area contributed by atoms with Gasteiger partial charge in [0, 0.05) is 26.1 Å². The van der Waals surface area contributed by atoms with Crippen LogP contribution in [-0.2, 0) is 4.79 Å². The van der Waals surface area contributed by atoms with E-state index < -0.39 is 0 Å². The molecule has 0 spiro atoms. The number of carbonyl (C=O) groups excluding carboxylic acids is 2. The van der Waals surface area contributed by atoms with Gasteiger partial charge in [-0.25, -0.2) is 0 Å². The molecule has 3 N–H and O–H groups in total. The summed E-state index contributed by atoms with van der Waals surface area (Å²) in [5.41, 5.74) is 6.91. The van der Waals surface area contributed by atoms with Gasteiger partial charge in [0.05, 0.1) is 11.3 Å². The van der Waals surface area contributed by atoms with E-state index in [4.69, 9.17) is 5.73 Å². The highest BCUT2D eigenvalue weighted by atomic mass is 16.2. The van der Waals surface area contributed by atoms with Crippen molar-refractivity contribution in [2.24, 2.45) is 11.7 Å². The molecule has 2 rings (SSSR count). The van der Waals surface area contributed by atoms with E-state index in [1.54, 1.807) is 32.3 Å². The Labute approximate surface area is 119 Å². The van der Waals surface area contributed by atoms with Crippen LogP contribution in [0.15, 0.2) is 24.3 Å². The molecule has 108 valence electrons. The van der Waals surface area contributed by atoms with Gasteiger partial charge in [-0.05, 0) is 31.4 Å². The Bertz CT molecular complexity index is 514. The van der Waals surface area contributed by atoms with Gasteiger partial charge in [-0.1, -0.05) is 12.1 Å². The zero-order valence-corrected chi connectivity index (χ0v) is 11.9. The Morgan fingerprint density at radius 1 is 1.25 bits per heavy atom. The number of hydrogen-bond acceptors (Lipinski definition) is 3. The van der Waals surface area contributed by atoms with Crippen molar-refractivity contribution in [3.8, 4) is 0 Å². The van der Waals surface area contributed by atoms with Crippen LogP contribution >= 0.6 is 0 Å². The van der Waals surface area contributed by atoms with Crippen molar-refractivity contribution in [2.45, 2.75) is 25.3 Å². The molecule has 0 saturated heterocycles. The van der Waals surface area contributed by atoms with Crippen molar-refractivity contribution < 1.29 is 9.59 Å². The largest absolute Gasteiger partial charge is 0.345 e. The molecule has 1 aromatic rings. The van der Waals surface area contributed by atoms with E-state index in [0.29, 0.717) is 11.3 Å². The molecule has 1 aliphatic rings. The quantitative estimate of drug-likeness (QED) is 0.876. The summed E-state index contributed by atoms with van der Waals surface area (Å²) < 4.78 is 0. The molecule has 2 amide bonds. The number of para-hydroxylation sites is 1. The minimum atomic E-state index is -0.121. The average molecular weight is 275 g/mol. The second kappa shape index (κ2) is 6.05. The van der Waals surface area contributed by atoms with E-state index in [9.17, 15) is 9.59 Å². The highest BCUT2D eigenvalue weighted by Gasteiger charge is 2.28. The first-order valence-electron chi connectivity index (χ1n) is 6.86. The molecule has 0 bridgehead atoms. The Kier molecular flexibility index (Phi) is 4.39. The van der Waals surface area contributed by atoms with Crippen LogP contribution in [0, 0.1) is 5.92 Å². The summed E-state index contributed by atoms with van der Waals surface area (Å²) in [6.07, 6.45) is 2.42. The summed E-state index contributed by atoms with van der Waals surface area (Å²) >= 11 is 0. The Hall–Kier alpha value is -1.88. The third-order valence-corrected chi connectivity index (χ3v) is 3.67. The minimum Gasteiger partial charge on any atom is -0.345 e. The molecule has 0 radical (unpaired) electrons. The van der Waals surface area contributed by atoms with Crippen LogP contribution in [0.4, 0.5) is 5.69 Å². The summed E-state index contributed by atoms with van der Waals surface area (Å²) in [7, 11) is 3.38. The molecule has 20 heavy (non-hydrogen) atoms. The zero-order chi connectivity index (χ0) is 14.7.